The third-order valence-electron chi connectivity index (χ3n) is 4.16. The van der Waals surface area contributed by atoms with Crippen LogP contribution in [0, 0.1) is 6.92 Å². The van der Waals surface area contributed by atoms with Gasteiger partial charge in [-0.3, -0.25) is 4.79 Å². The van der Waals surface area contributed by atoms with Crippen LogP contribution in [0.5, 0.6) is 5.75 Å². The first kappa shape index (κ1) is 19.4. The summed E-state index contributed by atoms with van der Waals surface area (Å²) in [5, 5.41) is 6.49. The predicted molar refractivity (Wildman–Crippen MR) is 114 cm³/mol. The molecule has 0 aliphatic rings. The number of hydrogen-bond donors (Lipinski definition) is 0. The van der Waals surface area contributed by atoms with Crippen LogP contribution < -0.4 is 4.74 Å². The van der Waals surface area contributed by atoms with Crippen molar-refractivity contribution in [3.8, 4) is 27.6 Å². The second kappa shape index (κ2) is 8.59. The van der Waals surface area contributed by atoms with Crippen LogP contribution in [0.15, 0.2) is 63.7 Å². The molecular weight excluding hydrogens is 406 g/mol. The maximum absolute atomic E-state index is 12.5. The molecule has 0 aliphatic heterocycles. The number of carbonyl (C=O) groups excluding carboxylic acids is 1. The van der Waals surface area contributed by atoms with E-state index in [-0.39, 0.29) is 11.5 Å². The van der Waals surface area contributed by atoms with Crippen LogP contribution in [0.25, 0.3) is 21.9 Å². The van der Waals surface area contributed by atoms with Crippen LogP contribution in [-0.4, -0.2) is 33.8 Å². The first-order chi connectivity index (χ1) is 14.1. The van der Waals surface area contributed by atoms with Gasteiger partial charge in [-0.2, -0.15) is 0 Å². The monoisotopic (exact) mass is 423 g/mol. The molecule has 0 bridgehead atoms. The Morgan fingerprint density at radius 3 is 2.72 bits per heavy atom. The molecule has 0 N–H and O–H groups in total. The minimum absolute atomic E-state index is 0.00821. The number of methoxy groups -OCH3 is 1. The van der Waals surface area contributed by atoms with E-state index >= 15 is 0 Å². The number of benzene rings is 1. The zero-order valence-corrected chi connectivity index (χ0v) is 17.4. The number of thiophene rings is 1. The lowest BCUT2D eigenvalue weighted by atomic mass is 10.1. The quantitative estimate of drug-likeness (QED) is 0.231. The molecule has 0 amide bonds. The minimum atomic E-state index is 0.00821. The summed E-state index contributed by atoms with van der Waals surface area (Å²) in [6.45, 7) is 1.87. The molecule has 4 rings (SSSR count). The molecule has 0 aliphatic carbocycles. The first-order valence-electron chi connectivity index (χ1n) is 8.78. The van der Waals surface area contributed by atoms with E-state index in [1.165, 1.54) is 11.8 Å². The fraction of sp³-hybridized carbons (Fsp3) is 0.143. The number of ether oxygens (including phenoxy) is 1. The zero-order chi connectivity index (χ0) is 20.2. The summed E-state index contributed by atoms with van der Waals surface area (Å²) < 4.78 is 10.5. The van der Waals surface area contributed by atoms with Gasteiger partial charge in [0, 0.05) is 17.8 Å². The van der Waals surface area contributed by atoms with Crippen molar-refractivity contribution in [1.82, 2.24) is 15.1 Å². The van der Waals surface area contributed by atoms with Gasteiger partial charge in [0.25, 0.3) is 0 Å². The van der Waals surface area contributed by atoms with Gasteiger partial charge < -0.3 is 9.26 Å². The molecule has 0 unspecified atom stereocenters. The lowest BCUT2D eigenvalue weighted by Gasteiger charge is -2.07. The highest BCUT2D eigenvalue weighted by Crippen LogP contribution is 2.34. The Morgan fingerprint density at radius 2 is 2.07 bits per heavy atom. The molecule has 0 saturated carbocycles. The van der Waals surface area contributed by atoms with Crippen molar-refractivity contribution < 1.29 is 14.1 Å². The van der Waals surface area contributed by atoms with Crippen LogP contribution in [0.4, 0.5) is 0 Å². The van der Waals surface area contributed by atoms with E-state index in [1.807, 2.05) is 30.5 Å². The molecule has 1 aromatic carbocycles. The summed E-state index contributed by atoms with van der Waals surface area (Å²) in [7, 11) is 1.60. The second-order valence-corrected chi connectivity index (χ2v) is 8.06. The molecule has 0 saturated heterocycles. The molecule has 0 spiro atoms. The lowest BCUT2D eigenvalue weighted by Crippen LogP contribution is -2.03. The molecular formula is C21H17N3O3S2. The van der Waals surface area contributed by atoms with Gasteiger partial charge in [-0.1, -0.05) is 23.0 Å². The van der Waals surface area contributed by atoms with E-state index in [2.05, 4.69) is 10.1 Å². The van der Waals surface area contributed by atoms with Gasteiger partial charge in [0.15, 0.2) is 16.7 Å². The van der Waals surface area contributed by atoms with Gasteiger partial charge in [-0.05, 0) is 42.6 Å². The fourth-order valence-corrected chi connectivity index (χ4v) is 4.14. The summed E-state index contributed by atoms with van der Waals surface area (Å²) in [5.41, 5.74) is 2.97. The highest BCUT2D eigenvalue weighted by atomic mass is 32.2. The SMILES string of the molecule is COc1ccc(C(=O)CSc2ncc(-c3cc(C)no3)c(-c3cccs3)n2)cc1. The van der Waals surface area contributed by atoms with Crippen LogP contribution in [0.2, 0.25) is 0 Å². The van der Waals surface area contributed by atoms with Crippen molar-refractivity contribution in [3.05, 3.63) is 65.3 Å². The second-order valence-electron chi connectivity index (χ2n) is 6.17. The molecule has 4 aromatic rings. The molecule has 146 valence electrons. The molecule has 6 nitrogen and oxygen atoms in total. The van der Waals surface area contributed by atoms with Crippen molar-refractivity contribution >= 4 is 28.9 Å². The molecule has 0 fully saturated rings. The van der Waals surface area contributed by atoms with E-state index in [9.17, 15) is 4.79 Å². The Balaban J connectivity index is 1.56. The summed E-state index contributed by atoms with van der Waals surface area (Å²) in [6.07, 6.45) is 1.72. The Labute approximate surface area is 176 Å². The van der Waals surface area contributed by atoms with Gasteiger partial charge in [0.1, 0.15) is 5.75 Å². The third kappa shape index (κ3) is 4.38. The number of aryl methyl sites for hydroxylation is 1. The largest absolute Gasteiger partial charge is 0.497 e. The number of ketones is 1. The number of aromatic nitrogens is 3. The molecule has 29 heavy (non-hydrogen) atoms. The van der Waals surface area contributed by atoms with Crippen molar-refractivity contribution in [2.24, 2.45) is 0 Å². The third-order valence-corrected chi connectivity index (χ3v) is 5.90. The normalized spacial score (nSPS) is 10.8. The van der Waals surface area contributed by atoms with E-state index in [1.54, 1.807) is 48.9 Å². The molecule has 0 atom stereocenters. The number of thioether (sulfide) groups is 1. The average molecular weight is 424 g/mol. The van der Waals surface area contributed by atoms with Gasteiger partial charge in [-0.25, -0.2) is 9.97 Å². The van der Waals surface area contributed by atoms with Crippen LogP contribution in [-0.2, 0) is 0 Å². The topological polar surface area (TPSA) is 78.1 Å². The highest BCUT2D eigenvalue weighted by molar-refractivity contribution is 7.99. The van der Waals surface area contributed by atoms with Crippen LogP contribution >= 0.6 is 23.1 Å². The summed E-state index contributed by atoms with van der Waals surface area (Å²) in [4.78, 5) is 22.6. The molecule has 0 radical (unpaired) electrons. The predicted octanol–water partition coefficient (Wildman–Crippen LogP) is 5.15. The van der Waals surface area contributed by atoms with Gasteiger partial charge in [0.05, 0.1) is 34.7 Å². The average Bonchev–Trinajstić information content (AvgIpc) is 3.44. The van der Waals surface area contributed by atoms with Crippen LogP contribution in [0.1, 0.15) is 16.1 Å². The summed E-state index contributed by atoms with van der Waals surface area (Å²) >= 11 is 2.89. The van der Waals surface area contributed by atoms with Crippen LogP contribution in [0.3, 0.4) is 0 Å². The maximum Gasteiger partial charge on any atom is 0.188 e. The number of hydrogen-bond acceptors (Lipinski definition) is 8. The smallest absolute Gasteiger partial charge is 0.188 e. The van der Waals surface area contributed by atoms with E-state index in [4.69, 9.17) is 14.2 Å². The van der Waals surface area contributed by atoms with E-state index in [0.29, 0.717) is 16.5 Å². The fourth-order valence-electron chi connectivity index (χ4n) is 2.70. The van der Waals surface area contributed by atoms with Crippen molar-refractivity contribution in [3.63, 3.8) is 0 Å². The summed E-state index contributed by atoms with van der Waals surface area (Å²) in [6, 6.07) is 12.9. The lowest BCUT2D eigenvalue weighted by molar-refractivity contribution is 0.102. The Bertz CT molecular complexity index is 1120. The zero-order valence-electron chi connectivity index (χ0n) is 15.8. The number of rotatable bonds is 7. The van der Waals surface area contributed by atoms with Gasteiger partial charge >= 0.3 is 0 Å². The Morgan fingerprint density at radius 1 is 1.24 bits per heavy atom. The van der Waals surface area contributed by atoms with E-state index < -0.39 is 0 Å². The molecule has 8 heteroatoms. The summed E-state index contributed by atoms with van der Waals surface area (Å²) in [5.74, 6) is 1.60. The van der Waals surface area contributed by atoms with E-state index in [0.717, 1.165) is 27.6 Å². The molecule has 3 aromatic heterocycles. The van der Waals surface area contributed by atoms with Crippen molar-refractivity contribution in [2.45, 2.75) is 12.1 Å². The number of carbonyl (C=O) groups is 1. The van der Waals surface area contributed by atoms with Crippen molar-refractivity contribution in [2.75, 3.05) is 12.9 Å². The molecule has 3 heterocycles. The Hall–Kier alpha value is -2.97. The van der Waals surface area contributed by atoms with Crippen molar-refractivity contribution in [1.29, 1.82) is 0 Å². The highest BCUT2D eigenvalue weighted by Gasteiger charge is 2.17. The minimum Gasteiger partial charge on any atom is -0.497 e. The Kier molecular flexibility index (Phi) is 5.73. The first-order valence-corrected chi connectivity index (χ1v) is 10.6. The van der Waals surface area contributed by atoms with Gasteiger partial charge in [0.2, 0.25) is 0 Å². The standard InChI is InChI=1S/C21H17N3O3S2/c1-13-10-18(27-24-13)16-11-22-21(23-20(16)19-4-3-9-28-19)29-12-17(25)14-5-7-15(26-2)8-6-14/h3-11H,12H2,1-2H3. The van der Waals surface area contributed by atoms with Gasteiger partial charge in [-0.15, -0.1) is 11.3 Å². The maximum atomic E-state index is 12.5. The number of nitrogens with zero attached hydrogens (tertiary/aromatic N) is 3. The number of Topliss-reactive ketones (excluding diaryl/α,β-unsaturated/α-hetero) is 1.